The zero-order valence-electron chi connectivity index (χ0n) is 19.6. The van der Waals surface area contributed by atoms with E-state index in [4.69, 9.17) is 4.74 Å². The maximum Gasteiger partial charge on any atom is 0.425 e. The fourth-order valence-corrected chi connectivity index (χ4v) is 3.44. The lowest BCUT2D eigenvalue weighted by molar-refractivity contribution is -0.189. The molecule has 3 rings (SSSR count). The van der Waals surface area contributed by atoms with E-state index < -0.39 is 52.9 Å². The number of imidazole rings is 1. The molecule has 0 saturated carbocycles. The summed E-state index contributed by atoms with van der Waals surface area (Å²) in [6.45, 7) is 3.59. The van der Waals surface area contributed by atoms with Gasteiger partial charge in [0.25, 0.3) is 12.3 Å². The van der Waals surface area contributed by atoms with E-state index in [2.05, 4.69) is 10.3 Å². The smallest absolute Gasteiger partial charge is 0.425 e. The minimum atomic E-state index is -4.82. The fourth-order valence-electron chi connectivity index (χ4n) is 3.44. The van der Waals surface area contributed by atoms with Crippen LogP contribution in [0.15, 0.2) is 42.6 Å². The predicted molar refractivity (Wildman–Crippen MR) is 119 cm³/mol. The number of anilines is 1. The zero-order valence-corrected chi connectivity index (χ0v) is 19.6. The number of alkyl halides is 5. The van der Waals surface area contributed by atoms with Crippen molar-refractivity contribution in [3.05, 3.63) is 65.4 Å². The van der Waals surface area contributed by atoms with E-state index >= 15 is 4.39 Å². The summed E-state index contributed by atoms with van der Waals surface area (Å²) in [5, 5.41) is 12.4. The monoisotopic (exact) mass is 515 g/mol. The molecular weight excluding hydrogens is 492 g/mol. The summed E-state index contributed by atoms with van der Waals surface area (Å²) in [4.78, 5) is 17.1. The lowest BCUT2D eigenvalue weighted by atomic mass is 10.1. The first kappa shape index (κ1) is 27.1. The second-order valence-electron chi connectivity index (χ2n) is 8.59. The summed E-state index contributed by atoms with van der Waals surface area (Å²) in [6.07, 6.45) is -8.80. The lowest BCUT2D eigenvalue weighted by Gasteiger charge is -2.20. The Morgan fingerprint density at radius 2 is 1.81 bits per heavy atom. The Balaban J connectivity index is 2.11. The minimum absolute atomic E-state index is 0.0355. The zero-order chi connectivity index (χ0) is 27.0. The van der Waals surface area contributed by atoms with E-state index in [1.54, 1.807) is 0 Å². The quantitative estimate of drug-likeness (QED) is 0.380. The van der Waals surface area contributed by atoms with Crippen LogP contribution in [0.2, 0.25) is 0 Å². The number of carbonyl (C=O) groups is 1. The lowest BCUT2D eigenvalue weighted by Crippen LogP contribution is -2.32. The molecule has 2 N–H and O–H groups in total. The number of hydrogen-bond acceptors (Lipinski definition) is 4. The van der Waals surface area contributed by atoms with Gasteiger partial charge in [0, 0.05) is 30.1 Å². The highest BCUT2D eigenvalue weighted by molar-refractivity contribution is 6.07. The van der Waals surface area contributed by atoms with Crippen molar-refractivity contribution in [2.24, 2.45) is 7.05 Å². The van der Waals surface area contributed by atoms with E-state index in [0.717, 1.165) is 12.1 Å². The molecule has 1 atom stereocenters. The SMILES string of the molecule is CC(Oc1cc(-c2cn(C)c(C(C)(C)O)n2)c(F)cc1C(=O)Nc1ccccc1C(F)F)C(F)(F)F. The van der Waals surface area contributed by atoms with E-state index in [-0.39, 0.29) is 22.8 Å². The van der Waals surface area contributed by atoms with Gasteiger partial charge in [0.2, 0.25) is 0 Å². The number of aryl methyl sites for hydroxylation is 1. The van der Waals surface area contributed by atoms with Gasteiger partial charge in [0.05, 0.1) is 11.3 Å². The van der Waals surface area contributed by atoms with Crippen molar-refractivity contribution < 1.29 is 41.0 Å². The van der Waals surface area contributed by atoms with Crippen molar-refractivity contribution in [2.75, 3.05) is 5.32 Å². The summed E-state index contributed by atoms with van der Waals surface area (Å²) in [5.41, 5.74) is -3.21. The highest BCUT2D eigenvalue weighted by atomic mass is 19.4. The second kappa shape index (κ2) is 9.84. The summed E-state index contributed by atoms with van der Waals surface area (Å²) in [7, 11) is 1.53. The number of aromatic nitrogens is 2. The van der Waals surface area contributed by atoms with Gasteiger partial charge < -0.3 is 19.7 Å². The van der Waals surface area contributed by atoms with Crippen molar-refractivity contribution in [3.63, 3.8) is 0 Å². The molecule has 0 fully saturated rings. The largest absolute Gasteiger partial charge is 0.480 e. The Bertz CT molecular complexity index is 1260. The Kier molecular flexibility index (Phi) is 7.40. The van der Waals surface area contributed by atoms with Crippen molar-refractivity contribution in [3.8, 4) is 17.0 Å². The first-order chi connectivity index (χ1) is 16.6. The van der Waals surface area contributed by atoms with Crippen LogP contribution >= 0.6 is 0 Å². The molecule has 1 amide bonds. The highest BCUT2D eigenvalue weighted by Gasteiger charge is 2.39. The number of halogens is 6. The van der Waals surface area contributed by atoms with Crippen LogP contribution in [-0.4, -0.2) is 32.8 Å². The van der Waals surface area contributed by atoms with E-state index in [1.165, 1.54) is 49.9 Å². The maximum atomic E-state index is 15.1. The molecule has 1 aromatic heterocycles. The highest BCUT2D eigenvalue weighted by Crippen LogP contribution is 2.35. The van der Waals surface area contributed by atoms with E-state index in [0.29, 0.717) is 13.0 Å². The summed E-state index contributed by atoms with van der Waals surface area (Å²) in [6, 6.07) is 6.45. The maximum absolute atomic E-state index is 15.1. The van der Waals surface area contributed by atoms with Gasteiger partial charge >= 0.3 is 6.18 Å². The van der Waals surface area contributed by atoms with Gasteiger partial charge in [0.1, 0.15) is 23.0 Å². The number of carbonyl (C=O) groups excluding carboxylic acids is 1. The van der Waals surface area contributed by atoms with Crippen LogP contribution in [0.5, 0.6) is 5.75 Å². The molecule has 0 spiro atoms. The molecule has 2 aromatic carbocycles. The molecule has 1 heterocycles. The number of benzene rings is 2. The molecule has 3 aromatic rings. The van der Waals surface area contributed by atoms with Crippen LogP contribution in [0, 0.1) is 5.82 Å². The summed E-state index contributed by atoms with van der Waals surface area (Å²) in [5.74, 6) is -2.68. The van der Waals surface area contributed by atoms with Crippen LogP contribution in [0.1, 0.15) is 48.9 Å². The molecule has 0 aliphatic carbocycles. The molecule has 0 aliphatic rings. The van der Waals surface area contributed by atoms with Gasteiger partial charge in [-0.25, -0.2) is 18.2 Å². The third kappa shape index (κ3) is 5.81. The van der Waals surface area contributed by atoms with Gasteiger partial charge in [-0.05, 0) is 39.0 Å². The van der Waals surface area contributed by atoms with Crippen LogP contribution in [0.3, 0.4) is 0 Å². The number of ether oxygens (including phenoxy) is 1. The molecule has 1 unspecified atom stereocenters. The average Bonchev–Trinajstić information content (AvgIpc) is 3.16. The molecular formula is C24H23F6N3O3. The molecule has 0 aliphatic heterocycles. The van der Waals surface area contributed by atoms with E-state index in [9.17, 15) is 31.9 Å². The third-order valence-electron chi connectivity index (χ3n) is 5.22. The molecule has 194 valence electrons. The van der Waals surface area contributed by atoms with Crippen LogP contribution in [0.25, 0.3) is 11.3 Å². The van der Waals surface area contributed by atoms with Crippen LogP contribution in [0.4, 0.5) is 32.0 Å². The topological polar surface area (TPSA) is 76.4 Å². The van der Waals surface area contributed by atoms with Gasteiger partial charge in [-0.1, -0.05) is 18.2 Å². The average molecular weight is 515 g/mol. The molecule has 36 heavy (non-hydrogen) atoms. The van der Waals surface area contributed by atoms with Crippen LogP contribution < -0.4 is 10.1 Å². The van der Waals surface area contributed by atoms with Crippen LogP contribution in [-0.2, 0) is 12.6 Å². The van der Waals surface area contributed by atoms with Gasteiger partial charge in [-0.3, -0.25) is 4.79 Å². The summed E-state index contributed by atoms with van der Waals surface area (Å²) >= 11 is 0. The minimum Gasteiger partial charge on any atom is -0.480 e. The number of amides is 1. The second-order valence-corrected chi connectivity index (χ2v) is 8.59. The van der Waals surface area contributed by atoms with Crippen molar-refractivity contribution >= 4 is 11.6 Å². The molecule has 0 bridgehead atoms. The normalized spacial score (nSPS) is 13.1. The number of hydrogen-bond donors (Lipinski definition) is 2. The fraction of sp³-hybridized carbons (Fsp3) is 0.333. The molecule has 6 nitrogen and oxygen atoms in total. The van der Waals surface area contributed by atoms with Gasteiger partial charge in [-0.2, -0.15) is 13.2 Å². The first-order valence-electron chi connectivity index (χ1n) is 10.6. The van der Waals surface area contributed by atoms with Crippen molar-refractivity contribution in [1.82, 2.24) is 9.55 Å². The Labute approximate surface area is 202 Å². The third-order valence-corrected chi connectivity index (χ3v) is 5.22. The van der Waals surface area contributed by atoms with Gasteiger partial charge in [0.15, 0.2) is 6.10 Å². The number of nitrogens with zero attached hydrogens (tertiary/aromatic N) is 2. The first-order valence-corrected chi connectivity index (χ1v) is 10.6. The molecule has 0 saturated heterocycles. The van der Waals surface area contributed by atoms with E-state index in [1.807, 2.05) is 0 Å². The van der Waals surface area contributed by atoms with Crippen molar-refractivity contribution in [2.45, 2.75) is 45.1 Å². The predicted octanol–water partition coefficient (Wildman–Crippen LogP) is 5.97. The number of rotatable bonds is 7. The van der Waals surface area contributed by atoms with Crippen molar-refractivity contribution in [1.29, 1.82) is 0 Å². The Morgan fingerprint density at radius 1 is 1.17 bits per heavy atom. The summed E-state index contributed by atoms with van der Waals surface area (Å²) < 4.78 is 87.8. The van der Waals surface area contributed by atoms with Gasteiger partial charge in [-0.15, -0.1) is 0 Å². The number of aliphatic hydroxyl groups is 1. The number of nitrogens with one attached hydrogen (secondary N) is 1. The molecule has 0 radical (unpaired) electrons. The Hall–Kier alpha value is -3.54. The molecule has 12 heteroatoms. The number of para-hydroxylation sites is 1. The standard InChI is InChI=1S/C24H23F6N3O3/c1-12(24(28,29)30)36-19-10-14(18-11-33(4)22(32-18)23(2,3)35)16(25)9-15(19)21(34)31-17-8-6-5-7-13(17)20(26)27/h5-12,20,35H,1-4H3,(H,31,34). The Morgan fingerprint density at radius 3 is 2.36 bits per heavy atom.